The highest BCUT2D eigenvalue weighted by Gasteiger charge is 2.45. The molecule has 0 radical (unpaired) electrons. The molecule has 1 atom stereocenters. The summed E-state index contributed by atoms with van der Waals surface area (Å²) in [7, 11) is 0. The lowest BCUT2D eigenvalue weighted by Gasteiger charge is -2.26. The van der Waals surface area contributed by atoms with E-state index in [-0.39, 0.29) is 5.84 Å². The molecule has 0 amide bonds. The summed E-state index contributed by atoms with van der Waals surface area (Å²) in [5.41, 5.74) is 7.48. The summed E-state index contributed by atoms with van der Waals surface area (Å²) < 4.78 is 5.70. The zero-order valence-electron chi connectivity index (χ0n) is 11.1. The van der Waals surface area contributed by atoms with Crippen molar-refractivity contribution in [2.45, 2.75) is 12.0 Å². The van der Waals surface area contributed by atoms with E-state index in [1.54, 1.807) is 18.2 Å². The number of ether oxygens (including phenoxy) is 1. The van der Waals surface area contributed by atoms with Gasteiger partial charge >= 0.3 is 0 Å². The summed E-state index contributed by atoms with van der Waals surface area (Å²) in [6, 6.07) is 10.9. The number of aliphatic imine (C=N–C) groups is 1. The molecule has 0 aliphatic carbocycles. The normalized spacial score (nSPS) is 22.5. The number of aliphatic hydroxyl groups is 1. The van der Waals surface area contributed by atoms with E-state index in [4.69, 9.17) is 22.1 Å². The van der Waals surface area contributed by atoms with Gasteiger partial charge in [-0.3, -0.25) is 0 Å². The molecule has 0 aromatic heterocycles. The second kappa shape index (κ2) is 4.23. The van der Waals surface area contributed by atoms with Gasteiger partial charge in [0.25, 0.3) is 0 Å². The Morgan fingerprint density at radius 3 is 2.95 bits per heavy atom. The van der Waals surface area contributed by atoms with Gasteiger partial charge in [0, 0.05) is 22.6 Å². The molecule has 2 aromatic carbocycles. The third-order valence-corrected chi connectivity index (χ3v) is 4.30. The van der Waals surface area contributed by atoms with Gasteiger partial charge < -0.3 is 15.6 Å². The van der Waals surface area contributed by atoms with Gasteiger partial charge in [-0.1, -0.05) is 29.8 Å². The van der Waals surface area contributed by atoms with Gasteiger partial charge in [-0.15, -0.1) is 0 Å². The van der Waals surface area contributed by atoms with Crippen molar-refractivity contribution in [1.82, 2.24) is 0 Å². The number of hydrogen-bond donors (Lipinski definition) is 2. The molecule has 0 saturated carbocycles. The lowest BCUT2D eigenvalue weighted by atomic mass is 9.85. The lowest BCUT2D eigenvalue weighted by Crippen LogP contribution is -2.39. The summed E-state index contributed by atoms with van der Waals surface area (Å²) in [6.45, 7) is 0.613. The molecule has 0 fully saturated rings. The van der Waals surface area contributed by atoms with E-state index in [2.05, 4.69) is 4.99 Å². The Bertz CT molecular complexity index is 788. The number of nitrogens with two attached hydrogens (primary N) is 1. The number of rotatable bonds is 1. The van der Waals surface area contributed by atoms with Crippen LogP contribution in [0.4, 0.5) is 5.69 Å². The fourth-order valence-electron chi connectivity index (χ4n) is 3.03. The van der Waals surface area contributed by atoms with E-state index in [0.29, 0.717) is 34.2 Å². The van der Waals surface area contributed by atoms with Gasteiger partial charge in [-0.05, 0) is 23.8 Å². The molecule has 2 aliphatic heterocycles. The standard InChI is InChI=1S/C16H13ClN2O2/c17-10-4-5-13-12(8-10)16(20,15(18)19-13)11-3-1-2-9-6-7-21-14(9)11/h1-5,8,20H,6-7H2,(H2,18,19). The SMILES string of the molecule is NC1=Nc2ccc(Cl)cc2C1(O)c1cccc2c1OCC2. The second-order valence-electron chi connectivity index (χ2n) is 5.26. The topological polar surface area (TPSA) is 67.8 Å². The van der Waals surface area contributed by atoms with E-state index in [0.717, 1.165) is 12.0 Å². The van der Waals surface area contributed by atoms with Crippen molar-refractivity contribution >= 4 is 23.1 Å². The molecule has 0 bridgehead atoms. The van der Waals surface area contributed by atoms with Crippen LogP contribution < -0.4 is 10.5 Å². The molecule has 0 saturated heterocycles. The van der Waals surface area contributed by atoms with Crippen molar-refractivity contribution in [2.75, 3.05) is 6.61 Å². The molecular weight excluding hydrogens is 288 g/mol. The zero-order chi connectivity index (χ0) is 14.6. The Morgan fingerprint density at radius 1 is 1.24 bits per heavy atom. The van der Waals surface area contributed by atoms with Crippen molar-refractivity contribution in [1.29, 1.82) is 0 Å². The third kappa shape index (κ3) is 1.63. The largest absolute Gasteiger partial charge is 0.493 e. The summed E-state index contributed by atoms with van der Waals surface area (Å²) >= 11 is 6.07. The minimum Gasteiger partial charge on any atom is -0.493 e. The molecule has 2 aromatic rings. The third-order valence-electron chi connectivity index (χ3n) is 4.06. The highest BCUT2D eigenvalue weighted by Crippen LogP contribution is 2.47. The van der Waals surface area contributed by atoms with E-state index in [1.165, 1.54) is 0 Å². The number of halogens is 1. The number of para-hydroxylation sites is 1. The average Bonchev–Trinajstić information content (AvgIpc) is 3.04. The van der Waals surface area contributed by atoms with E-state index < -0.39 is 5.60 Å². The molecule has 1 unspecified atom stereocenters. The molecule has 21 heavy (non-hydrogen) atoms. The van der Waals surface area contributed by atoms with Crippen LogP contribution in [0.15, 0.2) is 41.4 Å². The minimum atomic E-state index is -1.49. The first kappa shape index (κ1) is 12.7. The van der Waals surface area contributed by atoms with Crippen molar-refractivity contribution in [3.8, 4) is 5.75 Å². The predicted octanol–water partition coefficient (Wildman–Crippen LogP) is 2.51. The Balaban J connectivity index is 1.99. The smallest absolute Gasteiger partial charge is 0.178 e. The summed E-state index contributed by atoms with van der Waals surface area (Å²) in [6.07, 6.45) is 0.832. The maximum Gasteiger partial charge on any atom is 0.178 e. The first-order chi connectivity index (χ1) is 10.1. The molecule has 5 heteroatoms. The molecule has 0 spiro atoms. The Labute approximate surface area is 126 Å². The predicted molar refractivity (Wildman–Crippen MR) is 81.4 cm³/mol. The Morgan fingerprint density at radius 2 is 2.10 bits per heavy atom. The van der Waals surface area contributed by atoms with Crippen LogP contribution in [0.1, 0.15) is 16.7 Å². The number of amidine groups is 1. The molecule has 2 heterocycles. The highest BCUT2D eigenvalue weighted by atomic mass is 35.5. The summed E-state index contributed by atoms with van der Waals surface area (Å²) in [4.78, 5) is 4.28. The van der Waals surface area contributed by atoms with E-state index in [1.807, 2.05) is 18.2 Å². The fourth-order valence-corrected chi connectivity index (χ4v) is 3.20. The zero-order valence-corrected chi connectivity index (χ0v) is 11.9. The van der Waals surface area contributed by atoms with Crippen LogP contribution in [0.5, 0.6) is 5.75 Å². The monoisotopic (exact) mass is 300 g/mol. The molecule has 3 N–H and O–H groups in total. The molecule has 4 nitrogen and oxygen atoms in total. The number of hydrogen-bond acceptors (Lipinski definition) is 4. The van der Waals surface area contributed by atoms with Gasteiger partial charge in [0.15, 0.2) is 5.60 Å². The van der Waals surface area contributed by atoms with Crippen molar-refractivity contribution in [3.63, 3.8) is 0 Å². The molecule has 106 valence electrons. The van der Waals surface area contributed by atoms with Crippen LogP contribution in [0.2, 0.25) is 5.02 Å². The van der Waals surface area contributed by atoms with Crippen LogP contribution in [0, 0.1) is 0 Å². The average molecular weight is 301 g/mol. The van der Waals surface area contributed by atoms with Crippen molar-refractivity contribution < 1.29 is 9.84 Å². The van der Waals surface area contributed by atoms with Crippen LogP contribution in [0.3, 0.4) is 0 Å². The second-order valence-corrected chi connectivity index (χ2v) is 5.70. The van der Waals surface area contributed by atoms with Gasteiger partial charge in [0.05, 0.1) is 12.3 Å². The van der Waals surface area contributed by atoms with Gasteiger partial charge in [0.2, 0.25) is 0 Å². The van der Waals surface area contributed by atoms with Crippen LogP contribution >= 0.6 is 11.6 Å². The lowest BCUT2D eigenvalue weighted by molar-refractivity contribution is 0.154. The van der Waals surface area contributed by atoms with Crippen molar-refractivity contribution in [3.05, 3.63) is 58.1 Å². The highest BCUT2D eigenvalue weighted by molar-refractivity contribution is 6.30. The number of benzene rings is 2. The molecule has 2 aliphatic rings. The fraction of sp³-hybridized carbons (Fsp3) is 0.188. The van der Waals surface area contributed by atoms with Gasteiger partial charge in [-0.25, -0.2) is 4.99 Å². The number of fused-ring (bicyclic) bond motifs is 2. The first-order valence-corrected chi connectivity index (χ1v) is 7.10. The van der Waals surface area contributed by atoms with Crippen LogP contribution in [0.25, 0.3) is 0 Å². The van der Waals surface area contributed by atoms with Crippen molar-refractivity contribution in [2.24, 2.45) is 10.7 Å². The summed E-state index contributed by atoms with van der Waals surface area (Å²) in [5, 5.41) is 11.8. The van der Waals surface area contributed by atoms with Crippen LogP contribution in [-0.4, -0.2) is 17.5 Å². The Hall–Kier alpha value is -2.04. The number of nitrogens with zero attached hydrogens (tertiary/aromatic N) is 1. The van der Waals surface area contributed by atoms with E-state index >= 15 is 0 Å². The summed E-state index contributed by atoms with van der Waals surface area (Å²) in [5.74, 6) is 0.842. The maximum absolute atomic E-state index is 11.3. The first-order valence-electron chi connectivity index (χ1n) is 6.73. The van der Waals surface area contributed by atoms with Gasteiger partial charge in [0.1, 0.15) is 11.6 Å². The molecular formula is C16H13ClN2O2. The minimum absolute atomic E-state index is 0.142. The van der Waals surface area contributed by atoms with Gasteiger partial charge in [-0.2, -0.15) is 0 Å². The molecule has 4 rings (SSSR count). The van der Waals surface area contributed by atoms with E-state index in [9.17, 15) is 5.11 Å². The Kier molecular flexibility index (Phi) is 2.55. The quantitative estimate of drug-likeness (QED) is 0.850. The van der Waals surface area contributed by atoms with Crippen LogP contribution in [-0.2, 0) is 12.0 Å². The maximum atomic E-state index is 11.3.